The van der Waals surface area contributed by atoms with E-state index in [1.54, 1.807) is 77.1 Å². The van der Waals surface area contributed by atoms with Crippen LogP contribution in [0.25, 0.3) is 6.08 Å². The van der Waals surface area contributed by atoms with Gasteiger partial charge in [-0.15, -0.1) is 0 Å². The van der Waals surface area contributed by atoms with Gasteiger partial charge in [0.2, 0.25) is 12.0 Å². The maximum absolute atomic E-state index is 15.0. The summed E-state index contributed by atoms with van der Waals surface area (Å²) < 4.78 is 35.8. The summed E-state index contributed by atoms with van der Waals surface area (Å²) in [7, 11) is 0. The number of cyclic esters (lactones) is 1. The van der Waals surface area contributed by atoms with Crippen LogP contribution in [-0.4, -0.2) is 113 Å². The highest BCUT2D eigenvalue weighted by Gasteiger charge is 2.78. The number of esters is 4. The van der Waals surface area contributed by atoms with Gasteiger partial charge in [-0.05, 0) is 87.8 Å². The molecule has 0 aromatic heterocycles. The lowest BCUT2D eigenvalue weighted by Gasteiger charge is -2.48. The molecule has 3 N–H and O–H groups in total. The Bertz CT molecular complexity index is 2270. The molecule has 8 atom stereocenters. The highest BCUT2D eigenvalue weighted by molar-refractivity contribution is 5.95. The SMILES string of the molecule is CC(C)(C)OC(=O)CCC(CO)NC(=O)c1cccc(CNC(=O)C23CC4OC(=O)C2N(Cc2ccc(C=CC(=O)OC5C(=O)OCC5(C)C)cc2)OC3C2OC(C3CC3)(C3CC3)OC42)c1. The predicted octanol–water partition coefficient (Wildman–Crippen LogP) is 3.82. The lowest BCUT2D eigenvalue weighted by Crippen LogP contribution is -2.69. The van der Waals surface area contributed by atoms with Gasteiger partial charge in [0.1, 0.15) is 42.0 Å². The molecular formula is C49H59N3O14. The molecule has 4 aliphatic heterocycles. The maximum Gasteiger partial charge on any atom is 0.348 e. The average Bonchev–Trinajstić information content (AvgIpc) is 4.22. The molecule has 8 unspecified atom stereocenters. The van der Waals surface area contributed by atoms with Gasteiger partial charge < -0.3 is 44.2 Å². The Morgan fingerprint density at radius 2 is 1.67 bits per heavy atom. The normalized spacial score (nSPS) is 30.0. The Morgan fingerprint density at radius 1 is 0.955 bits per heavy atom. The third kappa shape index (κ3) is 8.99. The highest BCUT2D eigenvalue weighted by atomic mass is 16.8. The number of carbonyl (C=O) groups excluding carboxylic acids is 6. The van der Waals surface area contributed by atoms with Crippen molar-refractivity contribution in [1.82, 2.24) is 15.7 Å². The number of aliphatic hydroxyl groups is 1. The van der Waals surface area contributed by atoms with Gasteiger partial charge in [-0.1, -0.05) is 50.2 Å². The first-order chi connectivity index (χ1) is 31.4. The number of hydrogen-bond acceptors (Lipinski definition) is 15. The van der Waals surface area contributed by atoms with E-state index >= 15 is 0 Å². The molecule has 0 spiro atoms. The first-order valence-electron chi connectivity index (χ1n) is 23.0. The van der Waals surface area contributed by atoms with E-state index in [1.165, 1.54) is 11.1 Å². The number of ether oxygens (including phenoxy) is 6. The average molecular weight is 914 g/mol. The minimum Gasteiger partial charge on any atom is -0.462 e. The van der Waals surface area contributed by atoms with Crippen LogP contribution in [0.4, 0.5) is 0 Å². The van der Waals surface area contributed by atoms with Gasteiger partial charge in [-0.25, -0.2) is 9.59 Å². The quantitative estimate of drug-likeness (QED) is 0.124. The van der Waals surface area contributed by atoms with E-state index in [2.05, 4.69) is 10.6 Å². The van der Waals surface area contributed by atoms with Crippen LogP contribution in [-0.2, 0) is 70.3 Å². The van der Waals surface area contributed by atoms with E-state index in [9.17, 15) is 33.9 Å². The summed E-state index contributed by atoms with van der Waals surface area (Å²) in [6.45, 7) is 8.80. The fourth-order valence-electron chi connectivity index (χ4n) is 10.2. The van der Waals surface area contributed by atoms with Gasteiger partial charge in [-0.3, -0.25) is 24.0 Å². The number of carbonyl (C=O) groups is 6. The molecule has 2 bridgehead atoms. The third-order valence-electron chi connectivity index (χ3n) is 13.7. The first kappa shape index (κ1) is 45.9. The van der Waals surface area contributed by atoms with E-state index in [1.807, 2.05) is 12.1 Å². The maximum atomic E-state index is 15.0. The van der Waals surface area contributed by atoms with Gasteiger partial charge in [0.25, 0.3) is 5.91 Å². The smallest absolute Gasteiger partial charge is 0.348 e. The molecule has 4 saturated heterocycles. The van der Waals surface area contributed by atoms with Crippen LogP contribution >= 0.6 is 0 Å². The second-order valence-corrected chi connectivity index (χ2v) is 20.5. The number of nitrogens with zero attached hydrogens (tertiary/aromatic N) is 1. The van der Waals surface area contributed by atoms with Crippen LogP contribution < -0.4 is 10.6 Å². The molecule has 2 aromatic rings. The number of aliphatic hydroxyl groups excluding tert-OH is 1. The van der Waals surface area contributed by atoms with Crippen molar-refractivity contribution in [3.8, 4) is 0 Å². The molecule has 0 radical (unpaired) electrons. The lowest BCUT2D eigenvalue weighted by atomic mass is 9.62. The van der Waals surface area contributed by atoms with E-state index in [-0.39, 0.29) is 57.4 Å². The van der Waals surface area contributed by atoms with Crippen molar-refractivity contribution in [2.45, 2.75) is 147 Å². The molecule has 7 fully saturated rings. The second kappa shape index (κ2) is 17.5. The highest BCUT2D eigenvalue weighted by Crippen LogP contribution is 2.64. The van der Waals surface area contributed by atoms with Crippen molar-refractivity contribution in [1.29, 1.82) is 0 Å². The number of benzene rings is 2. The summed E-state index contributed by atoms with van der Waals surface area (Å²) in [5.74, 6) is -3.55. The van der Waals surface area contributed by atoms with Crippen molar-refractivity contribution in [2.75, 3.05) is 13.2 Å². The van der Waals surface area contributed by atoms with E-state index in [0.29, 0.717) is 16.7 Å². The first-order valence-corrected chi connectivity index (χ1v) is 23.0. The molecule has 66 heavy (non-hydrogen) atoms. The fraction of sp³-hybridized carbons (Fsp3) is 0.592. The Balaban J connectivity index is 0.910. The fourth-order valence-corrected chi connectivity index (χ4v) is 10.2. The molecule has 17 nitrogen and oxygen atoms in total. The predicted molar refractivity (Wildman–Crippen MR) is 231 cm³/mol. The van der Waals surface area contributed by atoms with Gasteiger partial charge in [0.05, 0.1) is 19.2 Å². The molecule has 2 aromatic carbocycles. The minimum absolute atomic E-state index is 0.0139. The van der Waals surface area contributed by atoms with Gasteiger partial charge in [0, 0.05) is 48.3 Å². The zero-order valence-electron chi connectivity index (χ0n) is 37.9. The van der Waals surface area contributed by atoms with Crippen LogP contribution in [0.1, 0.15) is 107 Å². The lowest BCUT2D eigenvalue weighted by molar-refractivity contribution is -0.235. The summed E-state index contributed by atoms with van der Waals surface area (Å²) in [6, 6.07) is 12.1. The molecule has 3 saturated carbocycles. The Hall–Kier alpha value is -5.20. The summed E-state index contributed by atoms with van der Waals surface area (Å²) in [5, 5.41) is 17.4. The zero-order chi connectivity index (χ0) is 46.8. The van der Waals surface area contributed by atoms with Crippen LogP contribution in [0.5, 0.6) is 0 Å². The van der Waals surface area contributed by atoms with Crippen LogP contribution in [0, 0.1) is 22.7 Å². The Morgan fingerprint density at radius 3 is 2.32 bits per heavy atom. The largest absolute Gasteiger partial charge is 0.462 e. The summed E-state index contributed by atoms with van der Waals surface area (Å²) in [5.41, 5.74) is -0.371. The number of hydroxylamine groups is 2. The van der Waals surface area contributed by atoms with Crippen molar-refractivity contribution in [3.05, 3.63) is 76.9 Å². The third-order valence-corrected chi connectivity index (χ3v) is 13.7. The molecule has 7 aliphatic rings. The molecule has 4 heterocycles. The van der Waals surface area contributed by atoms with Crippen LogP contribution in [0.2, 0.25) is 0 Å². The van der Waals surface area contributed by atoms with Crippen LogP contribution in [0.3, 0.4) is 0 Å². The van der Waals surface area contributed by atoms with Crippen molar-refractivity contribution in [3.63, 3.8) is 0 Å². The molecule has 2 amide bonds. The number of amides is 2. The number of hydrogen-bond donors (Lipinski definition) is 3. The summed E-state index contributed by atoms with van der Waals surface area (Å²) >= 11 is 0. The van der Waals surface area contributed by atoms with Crippen LogP contribution in [0.15, 0.2) is 54.6 Å². The number of rotatable bonds is 16. The minimum atomic E-state index is -1.42. The van der Waals surface area contributed by atoms with Crippen molar-refractivity contribution < 1.29 is 67.1 Å². The molecular weight excluding hydrogens is 855 g/mol. The zero-order valence-corrected chi connectivity index (χ0v) is 37.9. The number of nitrogens with one attached hydrogen (secondary N) is 2. The monoisotopic (exact) mass is 913 g/mol. The molecule has 354 valence electrons. The standard InChI is InChI=1S/C49H59N3O14/c1-46(2,3)63-36(55)20-18-33(25-53)51-42(56)30-8-6-7-29(21-30)23-50-45(59)48-22-34-37-38(65-49(64-37,31-14-15-31)32-16-17-32)40(48)66-52(39(48)43(57)61-34)24-28-11-9-27(10-12-28)13-19-35(54)62-41-44(58)60-26-47(41,4)5/h6-13,19,21,31-34,37-41,53H,14-18,20,22-26H2,1-5H3,(H,50,59)(H,51,56). The van der Waals surface area contributed by atoms with Crippen molar-refractivity contribution in [2.24, 2.45) is 22.7 Å². The second-order valence-electron chi connectivity index (χ2n) is 20.5. The topological polar surface area (TPSA) is 215 Å². The Labute approximate surface area is 383 Å². The van der Waals surface area contributed by atoms with Gasteiger partial charge >= 0.3 is 23.9 Å². The van der Waals surface area contributed by atoms with Gasteiger partial charge in [0.15, 0.2) is 11.8 Å². The summed E-state index contributed by atoms with van der Waals surface area (Å²) in [6.07, 6.45) is 3.10. The van der Waals surface area contributed by atoms with Gasteiger partial charge in [-0.2, -0.15) is 5.06 Å². The Kier molecular flexibility index (Phi) is 12.2. The van der Waals surface area contributed by atoms with E-state index < -0.39 is 101 Å². The summed E-state index contributed by atoms with van der Waals surface area (Å²) in [4.78, 5) is 86.4. The number of fused-ring (bicyclic) bond motifs is 4. The molecule has 17 heteroatoms. The van der Waals surface area contributed by atoms with Crippen molar-refractivity contribution >= 4 is 41.8 Å². The van der Waals surface area contributed by atoms with E-state index in [4.69, 9.17) is 33.3 Å². The van der Waals surface area contributed by atoms with E-state index in [0.717, 1.165) is 31.2 Å². The molecule has 9 rings (SSSR count). The molecule has 3 aliphatic carbocycles.